The number of piperidine rings is 1. The van der Waals surface area contributed by atoms with E-state index in [1.54, 1.807) is 0 Å². The molecule has 0 spiro atoms. The third-order valence-corrected chi connectivity index (χ3v) is 4.21. The number of anilines is 1. The minimum Gasteiger partial charge on any atom is -0.367 e. The van der Waals surface area contributed by atoms with Gasteiger partial charge in [-0.15, -0.1) is 0 Å². The second-order valence-electron chi connectivity index (χ2n) is 5.25. The fraction of sp³-hybridized carbons (Fsp3) is 0.600. The summed E-state index contributed by atoms with van der Waals surface area (Å²) in [6.07, 6.45) is 5.07. The quantitative estimate of drug-likeness (QED) is 0.891. The average molecular weight is 267 g/mol. The van der Waals surface area contributed by atoms with Crippen molar-refractivity contribution in [3.05, 3.63) is 28.8 Å². The Morgan fingerprint density at radius 2 is 2.22 bits per heavy atom. The summed E-state index contributed by atoms with van der Waals surface area (Å²) in [7, 11) is 0. The van der Waals surface area contributed by atoms with E-state index < -0.39 is 0 Å². The first-order valence-electron chi connectivity index (χ1n) is 6.95. The van der Waals surface area contributed by atoms with Gasteiger partial charge >= 0.3 is 0 Å². The third kappa shape index (κ3) is 2.81. The van der Waals surface area contributed by atoms with Crippen LogP contribution in [0.25, 0.3) is 0 Å². The number of halogens is 1. The van der Waals surface area contributed by atoms with E-state index in [0.29, 0.717) is 6.04 Å². The lowest BCUT2D eigenvalue weighted by molar-refractivity contribution is 0.450. The highest BCUT2D eigenvalue weighted by molar-refractivity contribution is 6.33. The highest BCUT2D eigenvalue weighted by atomic mass is 35.5. The Balaban J connectivity index is 2.26. The lowest BCUT2D eigenvalue weighted by atomic mass is 9.98. The Morgan fingerprint density at radius 1 is 1.44 bits per heavy atom. The van der Waals surface area contributed by atoms with E-state index >= 15 is 0 Å². The van der Waals surface area contributed by atoms with Crippen LogP contribution in [0, 0.1) is 0 Å². The van der Waals surface area contributed by atoms with Gasteiger partial charge in [0.25, 0.3) is 0 Å². The van der Waals surface area contributed by atoms with Crippen LogP contribution in [0.3, 0.4) is 0 Å². The summed E-state index contributed by atoms with van der Waals surface area (Å²) < 4.78 is 0. The van der Waals surface area contributed by atoms with Crippen LogP contribution in [0.15, 0.2) is 18.2 Å². The van der Waals surface area contributed by atoms with Gasteiger partial charge in [-0.25, -0.2) is 0 Å². The largest absolute Gasteiger partial charge is 0.367 e. The number of hydrogen-bond acceptors (Lipinski definition) is 2. The van der Waals surface area contributed by atoms with Crippen molar-refractivity contribution < 1.29 is 0 Å². The molecule has 0 radical (unpaired) electrons. The third-order valence-electron chi connectivity index (χ3n) is 3.91. The molecular weight excluding hydrogens is 244 g/mol. The van der Waals surface area contributed by atoms with Gasteiger partial charge in [-0.1, -0.05) is 24.6 Å². The molecule has 3 heteroatoms. The smallest absolute Gasteiger partial charge is 0.0642 e. The van der Waals surface area contributed by atoms with Crippen LogP contribution in [-0.2, 0) is 0 Å². The summed E-state index contributed by atoms with van der Waals surface area (Å²) in [5.74, 6) is 0. The molecule has 0 aliphatic carbocycles. The maximum Gasteiger partial charge on any atom is 0.0642 e. The Morgan fingerprint density at radius 3 is 2.83 bits per heavy atom. The first kappa shape index (κ1) is 13.7. The summed E-state index contributed by atoms with van der Waals surface area (Å²) >= 11 is 6.43. The molecule has 1 fully saturated rings. The molecule has 0 saturated carbocycles. The lowest BCUT2D eigenvalue weighted by Gasteiger charge is -2.37. The SMILES string of the molecule is CCC1CCCCN1c1ccc([C@H](C)N)cc1Cl. The van der Waals surface area contributed by atoms with E-state index in [2.05, 4.69) is 24.0 Å². The average Bonchev–Trinajstić information content (AvgIpc) is 2.38. The predicted molar refractivity (Wildman–Crippen MR) is 79.3 cm³/mol. The molecule has 1 saturated heterocycles. The van der Waals surface area contributed by atoms with Crippen molar-refractivity contribution in [1.82, 2.24) is 0 Å². The Bertz CT molecular complexity index is 403. The number of rotatable bonds is 3. The van der Waals surface area contributed by atoms with E-state index in [9.17, 15) is 0 Å². The summed E-state index contributed by atoms with van der Waals surface area (Å²) in [5.41, 5.74) is 8.17. The van der Waals surface area contributed by atoms with Crippen molar-refractivity contribution in [3.63, 3.8) is 0 Å². The molecule has 2 rings (SSSR count). The first-order chi connectivity index (χ1) is 8.63. The fourth-order valence-corrected chi connectivity index (χ4v) is 3.08. The van der Waals surface area contributed by atoms with Gasteiger partial charge in [-0.2, -0.15) is 0 Å². The van der Waals surface area contributed by atoms with E-state index in [1.165, 1.54) is 31.4 Å². The normalized spacial score (nSPS) is 22.0. The van der Waals surface area contributed by atoms with E-state index in [1.807, 2.05) is 13.0 Å². The topological polar surface area (TPSA) is 29.3 Å². The molecule has 1 aliphatic rings. The van der Waals surface area contributed by atoms with E-state index in [4.69, 9.17) is 17.3 Å². The van der Waals surface area contributed by atoms with Gasteiger partial charge < -0.3 is 10.6 Å². The fourth-order valence-electron chi connectivity index (χ4n) is 2.78. The zero-order chi connectivity index (χ0) is 13.1. The molecule has 100 valence electrons. The minimum absolute atomic E-state index is 0.0416. The van der Waals surface area contributed by atoms with Crippen molar-refractivity contribution in [3.8, 4) is 0 Å². The van der Waals surface area contributed by atoms with Crippen LogP contribution in [0.4, 0.5) is 5.69 Å². The molecule has 18 heavy (non-hydrogen) atoms. The Hall–Kier alpha value is -0.730. The van der Waals surface area contributed by atoms with E-state index in [0.717, 1.165) is 17.1 Å². The molecule has 0 amide bonds. The first-order valence-corrected chi connectivity index (χ1v) is 7.33. The van der Waals surface area contributed by atoms with Crippen molar-refractivity contribution >= 4 is 17.3 Å². The van der Waals surface area contributed by atoms with Gasteiger partial charge in [0, 0.05) is 18.6 Å². The summed E-state index contributed by atoms with van der Waals surface area (Å²) in [6.45, 7) is 5.37. The van der Waals surface area contributed by atoms with Crippen LogP contribution < -0.4 is 10.6 Å². The van der Waals surface area contributed by atoms with E-state index in [-0.39, 0.29) is 6.04 Å². The molecule has 1 unspecified atom stereocenters. The zero-order valence-corrected chi connectivity index (χ0v) is 12.1. The number of hydrogen-bond donors (Lipinski definition) is 1. The maximum atomic E-state index is 6.43. The van der Waals surface area contributed by atoms with Crippen LogP contribution in [-0.4, -0.2) is 12.6 Å². The van der Waals surface area contributed by atoms with Gasteiger partial charge in [0.05, 0.1) is 10.7 Å². The van der Waals surface area contributed by atoms with Crippen LogP contribution >= 0.6 is 11.6 Å². The Kier molecular flexibility index (Phi) is 4.52. The molecule has 0 bridgehead atoms. The number of benzene rings is 1. The molecule has 1 aromatic rings. The van der Waals surface area contributed by atoms with Gasteiger partial charge in [0.1, 0.15) is 0 Å². The molecule has 2 atom stereocenters. The predicted octanol–water partition coefficient (Wildman–Crippen LogP) is 4.13. The second-order valence-corrected chi connectivity index (χ2v) is 5.66. The second kappa shape index (κ2) is 5.94. The van der Waals surface area contributed by atoms with Gasteiger partial charge in [0.15, 0.2) is 0 Å². The van der Waals surface area contributed by atoms with Gasteiger partial charge in [-0.3, -0.25) is 0 Å². The molecule has 2 nitrogen and oxygen atoms in total. The van der Waals surface area contributed by atoms with Gasteiger partial charge in [0.2, 0.25) is 0 Å². The minimum atomic E-state index is 0.0416. The zero-order valence-electron chi connectivity index (χ0n) is 11.3. The van der Waals surface area contributed by atoms with Crippen LogP contribution in [0.1, 0.15) is 51.1 Å². The number of nitrogens with two attached hydrogens (primary N) is 1. The lowest BCUT2D eigenvalue weighted by Crippen LogP contribution is -2.39. The van der Waals surface area contributed by atoms with Gasteiger partial charge in [-0.05, 0) is 50.3 Å². The van der Waals surface area contributed by atoms with Crippen molar-refractivity contribution in [2.75, 3.05) is 11.4 Å². The standard InChI is InChI=1S/C15H23ClN2/c1-3-13-6-4-5-9-18(13)15-8-7-12(11(2)17)10-14(15)16/h7-8,10-11,13H,3-6,9,17H2,1-2H3/t11-,13?/m0/s1. The summed E-state index contributed by atoms with van der Waals surface area (Å²) in [4.78, 5) is 2.47. The highest BCUT2D eigenvalue weighted by Crippen LogP contribution is 2.33. The van der Waals surface area contributed by atoms with Crippen molar-refractivity contribution in [1.29, 1.82) is 0 Å². The summed E-state index contributed by atoms with van der Waals surface area (Å²) in [6, 6.07) is 6.93. The molecule has 1 aliphatic heterocycles. The van der Waals surface area contributed by atoms with Crippen LogP contribution in [0.5, 0.6) is 0 Å². The van der Waals surface area contributed by atoms with Crippen LogP contribution in [0.2, 0.25) is 5.02 Å². The monoisotopic (exact) mass is 266 g/mol. The molecule has 1 heterocycles. The molecular formula is C15H23ClN2. The number of nitrogens with zero attached hydrogens (tertiary/aromatic N) is 1. The Labute approximate surface area is 115 Å². The van der Waals surface area contributed by atoms with Crippen molar-refractivity contribution in [2.45, 2.75) is 51.6 Å². The summed E-state index contributed by atoms with van der Waals surface area (Å²) in [5, 5.41) is 0.838. The maximum absolute atomic E-state index is 6.43. The highest BCUT2D eigenvalue weighted by Gasteiger charge is 2.22. The molecule has 0 aromatic heterocycles. The molecule has 1 aromatic carbocycles. The molecule has 2 N–H and O–H groups in total. The van der Waals surface area contributed by atoms with Crippen molar-refractivity contribution in [2.24, 2.45) is 5.73 Å².